The van der Waals surface area contributed by atoms with Crippen LogP contribution in [0.15, 0.2) is 0 Å². The number of nitrogens with one attached hydrogen (secondary N) is 1. The molecule has 106 valence electrons. The molecule has 1 aromatic heterocycles. The Morgan fingerprint density at radius 2 is 2.26 bits per heavy atom. The van der Waals surface area contributed by atoms with Gasteiger partial charge in [0.25, 0.3) is 0 Å². The molecule has 6 nitrogen and oxygen atoms in total. The van der Waals surface area contributed by atoms with Gasteiger partial charge in [-0.25, -0.2) is 0 Å². The van der Waals surface area contributed by atoms with E-state index < -0.39 is 0 Å². The molecular formula is C13H23N5O. The van der Waals surface area contributed by atoms with Crippen molar-refractivity contribution in [1.82, 2.24) is 20.1 Å². The molecule has 2 heterocycles. The number of rotatable bonds is 6. The van der Waals surface area contributed by atoms with E-state index in [-0.39, 0.29) is 11.9 Å². The molecule has 0 bridgehead atoms. The Morgan fingerprint density at radius 1 is 1.47 bits per heavy atom. The topological polar surface area (TPSA) is 85.8 Å². The van der Waals surface area contributed by atoms with Crippen molar-refractivity contribution in [2.45, 2.75) is 52.1 Å². The molecule has 0 saturated heterocycles. The predicted molar refractivity (Wildman–Crippen MR) is 72.4 cm³/mol. The van der Waals surface area contributed by atoms with Gasteiger partial charge in [-0.15, -0.1) is 10.2 Å². The molecule has 1 aliphatic heterocycles. The number of carbonyl (C=O) groups is 1. The Balaban J connectivity index is 1.86. The number of nitrogens with zero attached hydrogens (tertiary/aromatic N) is 3. The third kappa shape index (κ3) is 3.32. The molecule has 2 atom stereocenters. The first-order valence-electron chi connectivity index (χ1n) is 7.03. The van der Waals surface area contributed by atoms with E-state index in [1.165, 1.54) is 0 Å². The molecule has 0 radical (unpaired) electrons. The lowest BCUT2D eigenvalue weighted by molar-refractivity contribution is -0.122. The molecule has 19 heavy (non-hydrogen) atoms. The normalized spacial score (nSPS) is 17.0. The maximum absolute atomic E-state index is 11.9. The van der Waals surface area contributed by atoms with E-state index in [9.17, 15) is 4.79 Å². The van der Waals surface area contributed by atoms with Crippen molar-refractivity contribution in [2.24, 2.45) is 11.7 Å². The van der Waals surface area contributed by atoms with Crippen molar-refractivity contribution in [3.63, 3.8) is 0 Å². The zero-order chi connectivity index (χ0) is 13.8. The zero-order valence-electron chi connectivity index (χ0n) is 11.7. The van der Waals surface area contributed by atoms with E-state index in [0.717, 1.165) is 37.5 Å². The Labute approximate surface area is 113 Å². The van der Waals surface area contributed by atoms with Gasteiger partial charge < -0.3 is 15.6 Å². The first kappa shape index (κ1) is 14.0. The summed E-state index contributed by atoms with van der Waals surface area (Å²) in [5.74, 6) is 2.35. The van der Waals surface area contributed by atoms with Crippen LogP contribution < -0.4 is 11.1 Å². The van der Waals surface area contributed by atoms with E-state index in [4.69, 9.17) is 5.73 Å². The van der Waals surface area contributed by atoms with Gasteiger partial charge in [0.15, 0.2) is 5.82 Å². The minimum atomic E-state index is -0.0833. The molecule has 0 saturated carbocycles. The van der Waals surface area contributed by atoms with Gasteiger partial charge in [-0.3, -0.25) is 4.79 Å². The second-order valence-corrected chi connectivity index (χ2v) is 5.40. The molecule has 1 amide bonds. The van der Waals surface area contributed by atoms with Crippen LogP contribution in [0.3, 0.4) is 0 Å². The first-order chi connectivity index (χ1) is 9.11. The van der Waals surface area contributed by atoms with Crippen LogP contribution in [0.25, 0.3) is 0 Å². The monoisotopic (exact) mass is 265 g/mol. The molecule has 0 aliphatic carbocycles. The third-order valence-electron chi connectivity index (χ3n) is 3.67. The van der Waals surface area contributed by atoms with Crippen LogP contribution in [0.2, 0.25) is 0 Å². The minimum absolute atomic E-state index is 0.0585. The summed E-state index contributed by atoms with van der Waals surface area (Å²) < 4.78 is 2.12. The van der Waals surface area contributed by atoms with Crippen LogP contribution >= 0.6 is 0 Å². The quantitative estimate of drug-likeness (QED) is 0.795. The highest BCUT2D eigenvalue weighted by Gasteiger charge is 2.22. The lowest BCUT2D eigenvalue weighted by Gasteiger charge is -2.14. The van der Waals surface area contributed by atoms with Crippen LogP contribution in [-0.2, 0) is 17.8 Å². The SMILES string of the molecule is CC(CN)CCC(=O)NC(C)c1nnc2n1CCC2. The van der Waals surface area contributed by atoms with Crippen LogP contribution in [0.5, 0.6) is 0 Å². The number of aromatic nitrogens is 3. The molecule has 0 spiro atoms. The van der Waals surface area contributed by atoms with Crippen molar-refractivity contribution >= 4 is 5.91 Å². The van der Waals surface area contributed by atoms with Gasteiger partial charge in [-0.1, -0.05) is 6.92 Å². The average Bonchev–Trinajstić information content (AvgIpc) is 2.97. The summed E-state index contributed by atoms with van der Waals surface area (Å²) in [6.07, 6.45) is 3.45. The smallest absolute Gasteiger partial charge is 0.220 e. The van der Waals surface area contributed by atoms with E-state index in [0.29, 0.717) is 18.9 Å². The van der Waals surface area contributed by atoms with Gasteiger partial charge in [-0.2, -0.15) is 0 Å². The highest BCUT2D eigenvalue weighted by atomic mass is 16.1. The van der Waals surface area contributed by atoms with Gasteiger partial charge >= 0.3 is 0 Å². The fourth-order valence-electron chi connectivity index (χ4n) is 2.37. The predicted octanol–water partition coefficient (Wildman–Crippen LogP) is 0.776. The Kier molecular flexibility index (Phi) is 4.52. The molecule has 6 heteroatoms. The number of carbonyl (C=O) groups excluding carboxylic acids is 1. The summed E-state index contributed by atoms with van der Waals surface area (Å²) in [5, 5.41) is 11.3. The van der Waals surface area contributed by atoms with Gasteiger partial charge in [0.05, 0.1) is 6.04 Å². The summed E-state index contributed by atoms with van der Waals surface area (Å²) in [6, 6.07) is -0.0833. The number of nitrogens with two attached hydrogens (primary N) is 1. The number of aryl methyl sites for hydroxylation is 1. The second-order valence-electron chi connectivity index (χ2n) is 5.40. The average molecular weight is 265 g/mol. The number of hydrogen-bond donors (Lipinski definition) is 2. The van der Waals surface area contributed by atoms with Gasteiger partial charge in [-0.05, 0) is 32.2 Å². The van der Waals surface area contributed by atoms with Crippen LogP contribution in [0, 0.1) is 5.92 Å². The minimum Gasteiger partial charge on any atom is -0.346 e. The van der Waals surface area contributed by atoms with Gasteiger partial charge in [0, 0.05) is 19.4 Å². The molecule has 1 aromatic rings. The Bertz CT molecular complexity index is 442. The van der Waals surface area contributed by atoms with Crippen molar-refractivity contribution in [3.05, 3.63) is 11.6 Å². The fraction of sp³-hybridized carbons (Fsp3) is 0.769. The summed E-state index contributed by atoms with van der Waals surface area (Å²) >= 11 is 0. The van der Waals surface area contributed by atoms with Crippen LogP contribution in [0.1, 0.15) is 50.8 Å². The standard InChI is InChI=1S/C13H23N5O/c1-9(8-14)5-6-12(19)15-10(2)13-17-16-11-4-3-7-18(11)13/h9-10H,3-8,14H2,1-2H3,(H,15,19). The molecule has 0 fully saturated rings. The number of amides is 1. The lowest BCUT2D eigenvalue weighted by atomic mass is 10.1. The maximum atomic E-state index is 11.9. The lowest BCUT2D eigenvalue weighted by Crippen LogP contribution is -2.29. The molecule has 0 aromatic carbocycles. The summed E-state index contributed by atoms with van der Waals surface area (Å²) in [7, 11) is 0. The zero-order valence-corrected chi connectivity index (χ0v) is 11.7. The summed E-state index contributed by atoms with van der Waals surface area (Å²) in [6.45, 7) is 5.60. The Morgan fingerprint density at radius 3 is 3.00 bits per heavy atom. The molecule has 3 N–H and O–H groups in total. The third-order valence-corrected chi connectivity index (χ3v) is 3.67. The van der Waals surface area contributed by atoms with Crippen molar-refractivity contribution in [3.8, 4) is 0 Å². The van der Waals surface area contributed by atoms with E-state index in [2.05, 4.69) is 27.0 Å². The van der Waals surface area contributed by atoms with Crippen molar-refractivity contribution in [2.75, 3.05) is 6.54 Å². The molecule has 2 unspecified atom stereocenters. The van der Waals surface area contributed by atoms with Gasteiger partial charge in [0.1, 0.15) is 5.82 Å². The second kappa shape index (κ2) is 6.14. The van der Waals surface area contributed by atoms with E-state index in [1.807, 2.05) is 6.92 Å². The first-order valence-corrected chi connectivity index (χ1v) is 7.03. The fourth-order valence-corrected chi connectivity index (χ4v) is 2.37. The summed E-state index contributed by atoms with van der Waals surface area (Å²) in [5.41, 5.74) is 5.54. The highest BCUT2D eigenvalue weighted by Crippen LogP contribution is 2.19. The van der Waals surface area contributed by atoms with Crippen LogP contribution in [-0.4, -0.2) is 27.2 Å². The Hall–Kier alpha value is -1.43. The van der Waals surface area contributed by atoms with E-state index in [1.54, 1.807) is 0 Å². The summed E-state index contributed by atoms with van der Waals surface area (Å²) in [4.78, 5) is 11.9. The van der Waals surface area contributed by atoms with Crippen molar-refractivity contribution < 1.29 is 4.79 Å². The highest BCUT2D eigenvalue weighted by molar-refractivity contribution is 5.76. The van der Waals surface area contributed by atoms with Gasteiger partial charge in [0.2, 0.25) is 5.91 Å². The largest absolute Gasteiger partial charge is 0.346 e. The molecule has 1 aliphatic rings. The van der Waals surface area contributed by atoms with Crippen LogP contribution in [0.4, 0.5) is 0 Å². The number of hydrogen-bond acceptors (Lipinski definition) is 4. The van der Waals surface area contributed by atoms with Crippen molar-refractivity contribution in [1.29, 1.82) is 0 Å². The van der Waals surface area contributed by atoms with E-state index >= 15 is 0 Å². The number of fused-ring (bicyclic) bond motifs is 1. The maximum Gasteiger partial charge on any atom is 0.220 e. The molecule has 2 rings (SSSR count). The molecular weight excluding hydrogens is 242 g/mol.